The third kappa shape index (κ3) is 3.37. The van der Waals surface area contributed by atoms with Crippen molar-refractivity contribution in [3.8, 4) is 0 Å². The number of thioether (sulfide) groups is 1. The maximum absolute atomic E-state index is 11.8. The van der Waals surface area contributed by atoms with Crippen molar-refractivity contribution in [3.63, 3.8) is 0 Å². The summed E-state index contributed by atoms with van der Waals surface area (Å²) < 4.78 is 0. The second kappa shape index (κ2) is 7.81. The average molecular weight is 447 g/mol. The number of benzene rings is 2. The van der Waals surface area contributed by atoms with E-state index in [9.17, 15) is 29.9 Å². The molecule has 1 saturated carbocycles. The Morgan fingerprint density at radius 2 is 1.87 bits per heavy atom. The Morgan fingerprint density at radius 3 is 2.53 bits per heavy atom. The first-order valence-electron chi connectivity index (χ1n) is 9.15. The minimum Gasteiger partial charge on any atom is -0.548 e. The molecule has 1 heterocycles. The molecule has 30 heavy (non-hydrogen) atoms. The Labute approximate surface area is 180 Å². The maximum Gasteiger partial charge on any atom is 0.282 e. The topological polar surface area (TPSA) is 135 Å². The van der Waals surface area contributed by atoms with Crippen molar-refractivity contribution in [2.75, 3.05) is 5.32 Å². The number of nitro groups is 1. The number of aromatic carboxylic acids is 1. The normalized spacial score (nSPS) is 26.9. The van der Waals surface area contributed by atoms with Gasteiger partial charge in [0.2, 0.25) is 0 Å². The zero-order valence-corrected chi connectivity index (χ0v) is 16.9. The minimum atomic E-state index is -1.43. The molecular formula is C20H15ClN2O6S-2. The fourth-order valence-corrected chi connectivity index (χ4v) is 6.36. The van der Waals surface area contributed by atoms with Crippen LogP contribution in [0.4, 0.5) is 11.4 Å². The summed E-state index contributed by atoms with van der Waals surface area (Å²) in [6, 6.07) is 9.77. The number of nitro benzene ring substituents is 1. The van der Waals surface area contributed by atoms with Gasteiger partial charge in [-0.05, 0) is 24.0 Å². The number of carbonyl (C=O) groups is 2. The lowest BCUT2D eigenvalue weighted by atomic mass is 9.78. The number of anilines is 1. The summed E-state index contributed by atoms with van der Waals surface area (Å²) in [7, 11) is 0. The zero-order chi connectivity index (χ0) is 21.6. The molecule has 0 saturated heterocycles. The van der Waals surface area contributed by atoms with Crippen molar-refractivity contribution in [1.29, 1.82) is 0 Å². The largest absolute Gasteiger partial charge is 0.548 e. The Hall–Kier alpha value is -2.78. The predicted molar refractivity (Wildman–Crippen MR) is 106 cm³/mol. The molecule has 10 heteroatoms. The molecule has 1 aliphatic carbocycles. The van der Waals surface area contributed by atoms with Crippen molar-refractivity contribution < 1.29 is 24.7 Å². The van der Waals surface area contributed by atoms with Crippen LogP contribution < -0.4 is 15.5 Å². The van der Waals surface area contributed by atoms with E-state index < -0.39 is 40.1 Å². The molecule has 2 aliphatic rings. The molecule has 4 rings (SSSR count). The highest BCUT2D eigenvalue weighted by molar-refractivity contribution is 8.00. The van der Waals surface area contributed by atoms with Crippen LogP contribution in [0.25, 0.3) is 0 Å². The lowest BCUT2D eigenvalue weighted by molar-refractivity contribution is -0.387. The van der Waals surface area contributed by atoms with Crippen molar-refractivity contribution >= 4 is 46.7 Å². The Balaban J connectivity index is 1.73. The molecule has 156 valence electrons. The van der Waals surface area contributed by atoms with Gasteiger partial charge < -0.3 is 25.1 Å². The maximum atomic E-state index is 11.8. The number of para-hydroxylation sites is 2. The molecule has 2 aromatic rings. The van der Waals surface area contributed by atoms with E-state index in [-0.39, 0.29) is 22.2 Å². The smallest absolute Gasteiger partial charge is 0.282 e. The molecule has 1 aliphatic heterocycles. The van der Waals surface area contributed by atoms with Gasteiger partial charge in [-0.15, -0.1) is 23.4 Å². The highest BCUT2D eigenvalue weighted by atomic mass is 35.5. The van der Waals surface area contributed by atoms with E-state index in [1.54, 1.807) is 30.3 Å². The number of aliphatic carboxylic acids is 1. The second-order valence-corrected chi connectivity index (χ2v) is 9.03. The van der Waals surface area contributed by atoms with Crippen LogP contribution in [0, 0.1) is 16.0 Å². The first-order valence-corrected chi connectivity index (χ1v) is 10.5. The summed E-state index contributed by atoms with van der Waals surface area (Å²) in [5.41, 5.74) is 0.589. The van der Waals surface area contributed by atoms with Crippen molar-refractivity contribution in [2.45, 2.75) is 33.9 Å². The summed E-state index contributed by atoms with van der Waals surface area (Å²) in [5, 5.41) is 36.6. The summed E-state index contributed by atoms with van der Waals surface area (Å²) >= 11 is 8.00. The molecule has 0 spiro atoms. The van der Waals surface area contributed by atoms with E-state index in [0.29, 0.717) is 16.9 Å². The number of carbonyl (C=O) groups excluding carboxylic acids is 2. The number of hydrogen-bond acceptors (Lipinski definition) is 8. The number of nitrogens with zero attached hydrogens (tertiary/aromatic N) is 1. The van der Waals surface area contributed by atoms with Crippen molar-refractivity contribution in [2.24, 2.45) is 5.92 Å². The number of halogens is 1. The van der Waals surface area contributed by atoms with Gasteiger partial charge in [-0.25, -0.2) is 0 Å². The van der Waals surface area contributed by atoms with Crippen molar-refractivity contribution in [3.05, 3.63) is 63.7 Å². The molecule has 2 aromatic carbocycles. The molecular weight excluding hydrogens is 432 g/mol. The molecule has 0 bridgehead atoms. The molecule has 5 atom stereocenters. The molecule has 0 radical (unpaired) electrons. The molecule has 0 amide bonds. The highest BCUT2D eigenvalue weighted by Gasteiger charge is 2.50. The third-order valence-corrected chi connectivity index (χ3v) is 7.77. The Bertz CT molecular complexity index is 1050. The summed E-state index contributed by atoms with van der Waals surface area (Å²) in [6.07, 6.45) is 0.371. The Kier molecular flexibility index (Phi) is 5.33. The summed E-state index contributed by atoms with van der Waals surface area (Å²) in [6.45, 7) is 0. The number of rotatable bonds is 5. The lowest BCUT2D eigenvalue weighted by Gasteiger charge is -2.39. The van der Waals surface area contributed by atoms with E-state index in [2.05, 4.69) is 5.32 Å². The van der Waals surface area contributed by atoms with Crippen LogP contribution in [-0.2, 0) is 4.79 Å². The minimum absolute atomic E-state index is 0.0459. The van der Waals surface area contributed by atoms with Crippen LogP contribution in [0.3, 0.4) is 0 Å². The number of hydrogen-bond donors (Lipinski definition) is 1. The van der Waals surface area contributed by atoms with E-state index in [1.165, 1.54) is 23.9 Å². The van der Waals surface area contributed by atoms with Crippen LogP contribution in [-0.4, -0.2) is 33.5 Å². The summed E-state index contributed by atoms with van der Waals surface area (Å²) in [4.78, 5) is 34.6. The first kappa shape index (κ1) is 20.5. The van der Waals surface area contributed by atoms with Gasteiger partial charge in [0.1, 0.15) is 0 Å². The van der Waals surface area contributed by atoms with Gasteiger partial charge in [-0.3, -0.25) is 10.1 Å². The monoisotopic (exact) mass is 446 g/mol. The van der Waals surface area contributed by atoms with Gasteiger partial charge in [0.25, 0.3) is 5.69 Å². The number of alkyl halides is 1. The van der Waals surface area contributed by atoms with Gasteiger partial charge in [0.15, 0.2) is 0 Å². The van der Waals surface area contributed by atoms with E-state index >= 15 is 0 Å². The van der Waals surface area contributed by atoms with E-state index in [1.807, 2.05) is 0 Å². The van der Waals surface area contributed by atoms with Crippen LogP contribution in [0.2, 0.25) is 0 Å². The number of nitrogens with one attached hydrogen (secondary N) is 1. The van der Waals surface area contributed by atoms with Gasteiger partial charge in [0, 0.05) is 28.5 Å². The quantitative estimate of drug-likeness (QED) is 0.413. The van der Waals surface area contributed by atoms with Crippen LogP contribution in [0.5, 0.6) is 0 Å². The van der Waals surface area contributed by atoms with Crippen LogP contribution in [0.15, 0.2) is 47.4 Å². The highest BCUT2D eigenvalue weighted by Crippen LogP contribution is 2.55. The van der Waals surface area contributed by atoms with E-state index in [0.717, 1.165) is 0 Å². The van der Waals surface area contributed by atoms with Crippen LogP contribution >= 0.6 is 23.4 Å². The lowest BCUT2D eigenvalue weighted by Crippen LogP contribution is -2.49. The number of carboxylic acids is 2. The third-order valence-electron chi connectivity index (χ3n) is 5.66. The fraction of sp³-hybridized carbons (Fsp3) is 0.300. The molecule has 8 nitrogen and oxygen atoms in total. The molecule has 1 fully saturated rings. The first-order chi connectivity index (χ1) is 14.3. The van der Waals surface area contributed by atoms with E-state index in [4.69, 9.17) is 11.6 Å². The second-order valence-electron chi connectivity index (χ2n) is 7.25. The predicted octanol–water partition coefficient (Wildman–Crippen LogP) is 1.37. The summed E-state index contributed by atoms with van der Waals surface area (Å²) in [5.74, 6) is -3.69. The molecule has 0 unspecified atom stereocenters. The fourth-order valence-electron chi connectivity index (χ4n) is 4.42. The molecule has 0 aromatic heterocycles. The van der Waals surface area contributed by atoms with Crippen molar-refractivity contribution in [1.82, 2.24) is 0 Å². The molecule has 1 N–H and O–H groups in total. The van der Waals surface area contributed by atoms with Gasteiger partial charge >= 0.3 is 0 Å². The van der Waals surface area contributed by atoms with Gasteiger partial charge in [0.05, 0.1) is 33.2 Å². The number of carboxylic acid groups (broad SMARTS) is 2. The number of fused-ring (bicyclic) bond motifs is 3. The zero-order valence-electron chi connectivity index (χ0n) is 15.3. The standard InChI is InChI=1S/C20H17ClN2O6S/c21-16-14(30-13-7-2-1-6-12(13)23(28)29)8-11-15(16)9-4-3-5-10(19(24)25)17(9)22-18(11)20(26)27/h1-7,11,14-16,18,22H,8H2,(H,24,25)(H,26,27)/p-2/t11-,14+,15+,16+,18-/m1/s1. The Morgan fingerprint density at radius 1 is 1.13 bits per heavy atom. The average Bonchev–Trinajstić information content (AvgIpc) is 3.03. The van der Waals surface area contributed by atoms with Gasteiger partial charge in [-0.2, -0.15) is 0 Å². The SMILES string of the molecule is O=C([O-])c1cccc2c1N[C@@H](C(=O)[O-])[C@@H]1C[C@H](Sc3ccccc3[N+](=O)[O-])[C@H](Cl)[C@@H]21. The van der Waals surface area contributed by atoms with Gasteiger partial charge in [-0.1, -0.05) is 30.3 Å². The van der Waals surface area contributed by atoms with Crippen LogP contribution in [0.1, 0.15) is 28.3 Å².